The Morgan fingerprint density at radius 1 is 1.29 bits per heavy atom. The summed E-state index contributed by atoms with van der Waals surface area (Å²) in [6.07, 6.45) is 1.83. The van der Waals surface area contributed by atoms with Gasteiger partial charge in [-0.25, -0.2) is 0 Å². The van der Waals surface area contributed by atoms with Crippen LogP contribution in [0.1, 0.15) is 36.5 Å². The molecule has 0 fully saturated rings. The average molecular weight is 311 g/mol. The van der Waals surface area contributed by atoms with Gasteiger partial charge in [-0.2, -0.15) is 0 Å². The SMILES string of the molecule is CC(N[C@@H](C)c1ccccn1)c1cc(Br)cs1. The molecule has 2 atom stereocenters. The highest BCUT2D eigenvalue weighted by Crippen LogP contribution is 2.26. The van der Waals surface area contributed by atoms with Gasteiger partial charge in [0.1, 0.15) is 0 Å². The Morgan fingerprint density at radius 3 is 2.71 bits per heavy atom. The largest absolute Gasteiger partial charge is 0.301 e. The van der Waals surface area contributed by atoms with Gasteiger partial charge in [0.05, 0.1) is 5.69 Å². The lowest BCUT2D eigenvalue weighted by molar-refractivity contribution is 0.491. The maximum atomic E-state index is 4.36. The average Bonchev–Trinajstić information content (AvgIpc) is 2.77. The van der Waals surface area contributed by atoms with Crippen molar-refractivity contribution in [2.45, 2.75) is 25.9 Å². The molecule has 90 valence electrons. The van der Waals surface area contributed by atoms with E-state index in [0.29, 0.717) is 6.04 Å². The first-order valence-corrected chi connectivity index (χ1v) is 7.25. The number of rotatable bonds is 4. The number of nitrogens with one attached hydrogen (secondary N) is 1. The van der Waals surface area contributed by atoms with Gasteiger partial charge >= 0.3 is 0 Å². The quantitative estimate of drug-likeness (QED) is 0.909. The van der Waals surface area contributed by atoms with Crippen LogP contribution in [0.2, 0.25) is 0 Å². The Morgan fingerprint density at radius 2 is 2.12 bits per heavy atom. The molecule has 0 aliphatic heterocycles. The van der Waals surface area contributed by atoms with Crippen molar-refractivity contribution >= 4 is 27.3 Å². The molecule has 2 nitrogen and oxygen atoms in total. The van der Waals surface area contributed by atoms with E-state index in [0.717, 1.165) is 10.2 Å². The van der Waals surface area contributed by atoms with Crippen LogP contribution >= 0.6 is 27.3 Å². The highest BCUT2D eigenvalue weighted by molar-refractivity contribution is 9.10. The number of halogens is 1. The minimum Gasteiger partial charge on any atom is -0.301 e. The van der Waals surface area contributed by atoms with Crippen LogP contribution in [-0.4, -0.2) is 4.98 Å². The van der Waals surface area contributed by atoms with Crippen molar-refractivity contribution in [3.63, 3.8) is 0 Å². The van der Waals surface area contributed by atoms with Gasteiger partial charge in [-0.3, -0.25) is 4.98 Å². The van der Waals surface area contributed by atoms with Crippen molar-refractivity contribution in [3.8, 4) is 0 Å². The molecule has 2 aromatic rings. The van der Waals surface area contributed by atoms with E-state index in [1.807, 2.05) is 18.3 Å². The predicted molar refractivity (Wildman–Crippen MR) is 76.2 cm³/mol. The van der Waals surface area contributed by atoms with Gasteiger partial charge in [-0.15, -0.1) is 11.3 Å². The lowest BCUT2D eigenvalue weighted by Crippen LogP contribution is -2.22. The summed E-state index contributed by atoms with van der Waals surface area (Å²) in [7, 11) is 0. The van der Waals surface area contributed by atoms with Gasteiger partial charge in [0.25, 0.3) is 0 Å². The van der Waals surface area contributed by atoms with Crippen molar-refractivity contribution in [1.29, 1.82) is 0 Å². The molecule has 1 N–H and O–H groups in total. The van der Waals surface area contributed by atoms with Crippen molar-refractivity contribution < 1.29 is 0 Å². The fraction of sp³-hybridized carbons (Fsp3) is 0.308. The number of pyridine rings is 1. The maximum absolute atomic E-state index is 4.36. The summed E-state index contributed by atoms with van der Waals surface area (Å²) in [5, 5.41) is 5.66. The van der Waals surface area contributed by atoms with E-state index in [4.69, 9.17) is 0 Å². The van der Waals surface area contributed by atoms with E-state index in [2.05, 4.69) is 57.6 Å². The summed E-state index contributed by atoms with van der Waals surface area (Å²) in [4.78, 5) is 5.70. The Hall–Kier alpha value is -0.710. The zero-order valence-electron chi connectivity index (χ0n) is 9.85. The lowest BCUT2D eigenvalue weighted by Gasteiger charge is -2.18. The second kappa shape index (κ2) is 5.76. The van der Waals surface area contributed by atoms with Crippen LogP contribution in [0.4, 0.5) is 0 Å². The fourth-order valence-corrected chi connectivity index (χ4v) is 3.19. The number of nitrogens with zero attached hydrogens (tertiary/aromatic N) is 1. The Labute approximate surface area is 114 Å². The Balaban J connectivity index is 2.02. The smallest absolute Gasteiger partial charge is 0.0570 e. The van der Waals surface area contributed by atoms with Crippen LogP contribution < -0.4 is 5.32 Å². The van der Waals surface area contributed by atoms with Gasteiger partial charge in [0.15, 0.2) is 0 Å². The first kappa shape index (κ1) is 12.7. The molecule has 0 amide bonds. The summed E-state index contributed by atoms with van der Waals surface area (Å²) < 4.78 is 1.15. The van der Waals surface area contributed by atoms with Crippen molar-refractivity contribution in [1.82, 2.24) is 10.3 Å². The van der Waals surface area contributed by atoms with Crippen molar-refractivity contribution in [2.24, 2.45) is 0 Å². The molecular weight excluding hydrogens is 296 g/mol. The molecule has 0 radical (unpaired) electrons. The number of hydrogen-bond donors (Lipinski definition) is 1. The van der Waals surface area contributed by atoms with Crippen LogP contribution in [0.15, 0.2) is 40.3 Å². The fourth-order valence-electron chi connectivity index (χ4n) is 1.73. The highest BCUT2D eigenvalue weighted by atomic mass is 79.9. The Bertz CT molecular complexity index is 469. The normalized spacial score (nSPS) is 14.5. The molecule has 0 saturated heterocycles. The Kier molecular flexibility index (Phi) is 4.31. The van der Waals surface area contributed by atoms with Crippen LogP contribution in [0.5, 0.6) is 0 Å². The van der Waals surface area contributed by atoms with E-state index in [-0.39, 0.29) is 6.04 Å². The number of hydrogen-bond acceptors (Lipinski definition) is 3. The van der Waals surface area contributed by atoms with E-state index < -0.39 is 0 Å². The topological polar surface area (TPSA) is 24.9 Å². The van der Waals surface area contributed by atoms with Crippen molar-refractivity contribution in [2.75, 3.05) is 0 Å². The van der Waals surface area contributed by atoms with Gasteiger partial charge in [0, 0.05) is 33.0 Å². The van der Waals surface area contributed by atoms with E-state index >= 15 is 0 Å². The summed E-state index contributed by atoms with van der Waals surface area (Å²) in [5.41, 5.74) is 1.08. The number of thiophene rings is 1. The van der Waals surface area contributed by atoms with Crippen LogP contribution in [-0.2, 0) is 0 Å². The molecule has 0 aliphatic rings. The zero-order valence-corrected chi connectivity index (χ0v) is 12.3. The van der Waals surface area contributed by atoms with Gasteiger partial charge in [-0.1, -0.05) is 6.07 Å². The first-order valence-electron chi connectivity index (χ1n) is 5.57. The third kappa shape index (κ3) is 3.37. The molecule has 2 rings (SSSR count). The molecule has 0 aromatic carbocycles. The van der Waals surface area contributed by atoms with Gasteiger partial charge in [0.2, 0.25) is 0 Å². The van der Waals surface area contributed by atoms with Crippen LogP contribution in [0.3, 0.4) is 0 Å². The molecular formula is C13H15BrN2S. The predicted octanol–water partition coefficient (Wildman–Crippen LogP) is 4.32. The monoisotopic (exact) mass is 310 g/mol. The van der Waals surface area contributed by atoms with Gasteiger partial charge in [-0.05, 0) is 48.0 Å². The molecule has 0 bridgehead atoms. The zero-order chi connectivity index (χ0) is 12.3. The number of aromatic nitrogens is 1. The molecule has 0 saturated carbocycles. The molecule has 0 spiro atoms. The lowest BCUT2D eigenvalue weighted by atomic mass is 10.1. The van der Waals surface area contributed by atoms with E-state index in [1.54, 1.807) is 11.3 Å². The van der Waals surface area contributed by atoms with Crippen LogP contribution in [0.25, 0.3) is 0 Å². The molecule has 17 heavy (non-hydrogen) atoms. The second-order valence-corrected chi connectivity index (χ2v) is 5.89. The third-order valence-electron chi connectivity index (χ3n) is 2.65. The second-order valence-electron chi connectivity index (χ2n) is 4.03. The minimum atomic E-state index is 0.257. The molecule has 2 aromatic heterocycles. The summed E-state index contributed by atoms with van der Waals surface area (Å²) >= 11 is 5.25. The standard InChI is InChI=1S/C13H15BrN2S/c1-9(12-5-3-4-6-15-12)16-10(2)13-7-11(14)8-17-13/h3-10,16H,1-2H3/t9-,10?/m0/s1. The minimum absolute atomic E-state index is 0.257. The third-order valence-corrected chi connectivity index (χ3v) is 4.52. The van der Waals surface area contributed by atoms with Crippen molar-refractivity contribution in [3.05, 3.63) is 50.9 Å². The van der Waals surface area contributed by atoms with E-state index in [1.165, 1.54) is 4.88 Å². The summed E-state index contributed by atoms with van der Waals surface area (Å²) in [6, 6.07) is 8.76. The maximum Gasteiger partial charge on any atom is 0.0570 e. The highest BCUT2D eigenvalue weighted by Gasteiger charge is 2.13. The molecule has 2 heterocycles. The van der Waals surface area contributed by atoms with E-state index in [9.17, 15) is 0 Å². The van der Waals surface area contributed by atoms with Crippen LogP contribution in [0, 0.1) is 0 Å². The summed E-state index contributed by atoms with van der Waals surface area (Å²) in [5.74, 6) is 0. The first-order chi connectivity index (χ1) is 8.16. The molecule has 1 unspecified atom stereocenters. The molecule has 4 heteroatoms. The molecule has 0 aliphatic carbocycles. The van der Waals surface area contributed by atoms with Gasteiger partial charge < -0.3 is 5.32 Å². The summed E-state index contributed by atoms with van der Waals surface area (Å²) in [6.45, 7) is 4.32.